The summed E-state index contributed by atoms with van der Waals surface area (Å²) >= 11 is 0. The van der Waals surface area contributed by atoms with Gasteiger partial charge >= 0.3 is 0 Å². The zero-order valence-corrected chi connectivity index (χ0v) is 8.57. The monoisotopic (exact) mass is 219 g/mol. The molecule has 1 atom stereocenters. The summed E-state index contributed by atoms with van der Waals surface area (Å²) in [6.07, 6.45) is 1.31. The van der Waals surface area contributed by atoms with Crippen LogP contribution in [-0.4, -0.2) is 0 Å². The minimum absolute atomic E-state index is 0. The van der Waals surface area contributed by atoms with E-state index in [0.717, 1.165) is 0 Å². The zero-order valence-electron chi connectivity index (χ0n) is 7.76. The third-order valence-electron chi connectivity index (χ3n) is 1.91. The van der Waals surface area contributed by atoms with Gasteiger partial charge in [0, 0.05) is 5.56 Å². The van der Waals surface area contributed by atoms with Gasteiger partial charge < -0.3 is 5.73 Å². The normalized spacial score (nSPS) is 11.7. The fourth-order valence-corrected chi connectivity index (χ4v) is 1.10. The highest BCUT2D eigenvalue weighted by Crippen LogP contribution is 2.21. The Kier molecular flexibility index (Phi) is 4.74. The second-order valence-electron chi connectivity index (χ2n) is 2.85. The molecule has 0 unspecified atom stereocenters. The van der Waals surface area contributed by atoms with Crippen molar-refractivity contribution in [3.63, 3.8) is 0 Å². The molecule has 4 heteroatoms. The maximum atomic E-state index is 13.3. The van der Waals surface area contributed by atoms with Gasteiger partial charge in [0.05, 0.1) is 6.04 Å². The highest BCUT2D eigenvalue weighted by atomic mass is 35.5. The van der Waals surface area contributed by atoms with E-state index in [1.54, 1.807) is 6.92 Å². The van der Waals surface area contributed by atoms with Crippen molar-refractivity contribution in [2.45, 2.75) is 13.0 Å². The number of hydrogen-bond donors (Lipinski definition) is 1. The van der Waals surface area contributed by atoms with Gasteiger partial charge in [-0.25, -0.2) is 8.78 Å². The van der Waals surface area contributed by atoms with E-state index in [1.165, 1.54) is 18.2 Å². The van der Waals surface area contributed by atoms with Crippen LogP contribution in [0.4, 0.5) is 8.78 Å². The molecule has 1 rings (SSSR count). The average molecular weight is 220 g/mol. The van der Waals surface area contributed by atoms with Crippen LogP contribution >= 0.6 is 12.4 Å². The summed E-state index contributed by atoms with van der Waals surface area (Å²) in [5.74, 6) is -1.22. The fraction of sp³-hybridized carbons (Fsp3) is 0.200. The number of benzene rings is 1. The number of nitrogens with two attached hydrogens (primary N) is 1. The predicted octanol–water partition coefficient (Wildman–Crippen LogP) is 2.88. The Morgan fingerprint density at radius 3 is 2.50 bits per heavy atom. The first-order valence-corrected chi connectivity index (χ1v) is 3.90. The van der Waals surface area contributed by atoms with E-state index < -0.39 is 17.7 Å². The maximum absolute atomic E-state index is 13.3. The van der Waals surface area contributed by atoms with Gasteiger partial charge in [-0.3, -0.25) is 0 Å². The number of aryl methyl sites for hydroxylation is 1. The van der Waals surface area contributed by atoms with Gasteiger partial charge in [-0.1, -0.05) is 12.1 Å². The summed E-state index contributed by atoms with van der Waals surface area (Å²) in [6.45, 7) is 4.95. The standard InChI is InChI=1S/C10H11F2N.ClH/c1-3-8(13)9-7(11)5-4-6(2)10(9)12;/h3-5,8H,1,13H2,2H3;1H/t8-;/m0./s1. The molecule has 0 amide bonds. The Bertz CT molecular complexity index is 339. The number of hydrogen-bond acceptors (Lipinski definition) is 1. The lowest BCUT2D eigenvalue weighted by molar-refractivity contribution is 0.541. The highest BCUT2D eigenvalue weighted by molar-refractivity contribution is 5.85. The third-order valence-corrected chi connectivity index (χ3v) is 1.91. The van der Waals surface area contributed by atoms with Crippen LogP contribution < -0.4 is 5.73 Å². The van der Waals surface area contributed by atoms with Crippen LogP contribution in [0.2, 0.25) is 0 Å². The Labute approximate surface area is 88.0 Å². The molecule has 1 nitrogen and oxygen atoms in total. The second kappa shape index (κ2) is 5.08. The molecule has 0 aliphatic heterocycles. The van der Waals surface area contributed by atoms with Gasteiger partial charge in [0.1, 0.15) is 11.6 Å². The van der Waals surface area contributed by atoms with Crippen LogP contribution in [0.3, 0.4) is 0 Å². The summed E-state index contributed by atoms with van der Waals surface area (Å²) in [5.41, 5.74) is 5.73. The largest absolute Gasteiger partial charge is 0.321 e. The van der Waals surface area contributed by atoms with E-state index in [-0.39, 0.29) is 18.0 Å². The molecule has 1 aromatic rings. The molecule has 14 heavy (non-hydrogen) atoms. The van der Waals surface area contributed by atoms with E-state index in [0.29, 0.717) is 5.56 Å². The quantitative estimate of drug-likeness (QED) is 0.761. The molecule has 0 spiro atoms. The average Bonchev–Trinajstić information content (AvgIpc) is 2.12. The van der Waals surface area contributed by atoms with E-state index in [1.807, 2.05) is 0 Å². The second-order valence-corrected chi connectivity index (χ2v) is 2.85. The first-order valence-electron chi connectivity index (χ1n) is 3.90. The van der Waals surface area contributed by atoms with E-state index in [4.69, 9.17) is 5.73 Å². The van der Waals surface area contributed by atoms with Crippen molar-refractivity contribution in [1.82, 2.24) is 0 Å². The lowest BCUT2D eigenvalue weighted by Gasteiger charge is -2.10. The van der Waals surface area contributed by atoms with E-state index in [2.05, 4.69) is 6.58 Å². The van der Waals surface area contributed by atoms with Crippen LogP contribution in [0.1, 0.15) is 17.2 Å². The summed E-state index contributed by atoms with van der Waals surface area (Å²) in [5, 5.41) is 0. The van der Waals surface area contributed by atoms with Crippen LogP contribution in [0.25, 0.3) is 0 Å². The summed E-state index contributed by atoms with van der Waals surface area (Å²) < 4.78 is 26.4. The molecule has 0 aromatic heterocycles. The molecule has 0 saturated carbocycles. The van der Waals surface area contributed by atoms with Gasteiger partial charge in [0.15, 0.2) is 0 Å². The summed E-state index contributed by atoms with van der Waals surface area (Å²) in [7, 11) is 0. The first kappa shape index (κ1) is 13.1. The molecule has 0 bridgehead atoms. The van der Waals surface area contributed by atoms with Crippen molar-refractivity contribution in [2.24, 2.45) is 5.73 Å². The molecule has 78 valence electrons. The molecule has 0 radical (unpaired) electrons. The highest BCUT2D eigenvalue weighted by Gasteiger charge is 2.15. The van der Waals surface area contributed by atoms with Crippen molar-refractivity contribution in [3.05, 3.63) is 47.5 Å². The minimum atomic E-state index is -0.792. The van der Waals surface area contributed by atoms with Crippen molar-refractivity contribution in [3.8, 4) is 0 Å². The molecule has 0 aliphatic rings. The molecule has 0 heterocycles. The Morgan fingerprint density at radius 2 is 2.00 bits per heavy atom. The first-order chi connectivity index (χ1) is 6.07. The van der Waals surface area contributed by atoms with E-state index >= 15 is 0 Å². The summed E-state index contributed by atoms with van der Waals surface area (Å²) in [6, 6.07) is 1.79. The topological polar surface area (TPSA) is 26.0 Å². The van der Waals surface area contributed by atoms with Crippen molar-refractivity contribution in [2.75, 3.05) is 0 Å². The lowest BCUT2D eigenvalue weighted by Crippen LogP contribution is -2.12. The summed E-state index contributed by atoms with van der Waals surface area (Å²) in [4.78, 5) is 0. The Hall–Kier alpha value is -0.930. The van der Waals surface area contributed by atoms with Gasteiger partial charge in [-0.2, -0.15) is 0 Å². The predicted molar refractivity (Wildman–Crippen MR) is 55.5 cm³/mol. The third kappa shape index (κ3) is 2.30. The SMILES string of the molecule is C=C[C@H](N)c1c(F)ccc(C)c1F.Cl. The molecule has 0 fully saturated rings. The molecule has 0 aliphatic carbocycles. The molecule has 0 saturated heterocycles. The molecule has 2 N–H and O–H groups in total. The maximum Gasteiger partial charge on any atom is 0.134 e. The van der Waals surface area contributed by atoms with Gasteiger partial charge in [0.25, 0.3) is 0 Å². The minimum Gasteiger partial charge on any atom is -0.321 e. The van der Waals surface area contributed by atoms with Gasteiger partial charge in [-0.05, 0) is 18.6 Å². The lowest BCUT2D eigenvalue weighted by atomic mass is 10.0. The van der Waals surface area contributed by atoms with Crippen molar-refractivity contribution < 1.29 is 8.78 Å². The Morgan fingerprint density at radius 1 is 1.43 bits per heavy atom. The molecular weight excluding hydrogens is 208 g/mol. The van der Waals surface area contributed by atoms with Gasteiger partial charge in [-0.15, -0.1) is 19.0 Å². The molecule has 1 aromatic carbocycles. The zero-order chi connectivity index (χ0) is 10.0. The van der Waals surface area contributed by atoms with Crippen molar-refractivity contribution >= 4 is 12.4 Å². The smallest absolute Gasteiger partial charge is 0.134 e. The van der Waals surface area contributed by atoms with Crippen molar-refractivity contribution in [1.29, 1.82) is 0 Å². The van der Waals surface area contributed by atoms with Crippen LogP contribution in [0.5, 0.6) is 0 Å². The Balaban J connectivity index is 0.00000169. The van der Waals surface area contributed by atoms with Crippen LogP contribution in [-0.2, 0) is 0 Å². The fourth-order valence-electron chi connectivity index (χ4n) is 1.10. The van der Waals surface area contributed by atoms with Crippen LogP contribution in [0.15, 0.2) is 24.8 Å². The van der Waals surface area contributed by atoms with Gasteiger partial charge in [0.2, 0.25) is 0 Å². The number of halogens is 3. The van der Waals surface area contributed by atoms with Crippen LogP contribution in [0, 0.1) is 18.6 Å². The number of rotatable bonds is 2. The molecular formula is C10H12ClF2N. The van der Waals surface area contributed by atoms with E-state index in [9.17, 15) is 8.78 Å².